The maximum absolute atomic E-state index is 13.6. The second kappa shape index (κ2) is 7.51. The Kier molecular flexibility index (Phi) is 5.15. The second-order valence-electron chi connectivity index (χ2n) is 5.36. The van der Waals surface area contributed by atoms with Crippen molar-refractivity contribution in [1.82, 2.24) is 4.72 Å². The lowest BCUT2D eigenvalue weighted by atomic mass is 10.2. The van der Waals surface area contributed by atoms with Crippen molar-refractivity contribution < 1.29 is 22.0 Å². The number of amides is 1. The van der Waals surface area contributed by atoms with Crippen LogP contribution in [0.3, 0.4) is 0 Å². The first-order valence-corrected chi connectivity index (χ1v) is 9.12. The van der Waals surface area contributed by atoms with Gasteiger partial charge < -0.3 is 9.73 Å². The average molecular weight is 374 g/mol. The Morgan fingerprint density at radius 2 is 1.73 bits per heavy atom. The Morgan fingerprint density at radius 3 is 2.38 bits per heavy atom. The van der Waals surface area contributed by atoms with Crippen LogP contribution in [0.1, 0.15) is 16.1 Å². The molecule has 6 nitrogen and oxygen atoms in total. The van der Waals surface area contributed by atoms with Crippen LogP contribution < -0.4 is 10.0 Å². The lowest BCUT2D eigenvalue weighted by molar-refractivity contribution is 0.102. The number of halogens is 1. The number of carbonyl (C=O) groups excluding carboxylic acids is 1. The Morgan fingerprint density at radius 1 is 1.00 bits per heavy atom. The molecule has 2 N–H and O–H groups in total. The summed E-state index contributed by atoms with van der Waals surface area (Å²) in [6, 6.07) is 14.5. The van der Waals surface area contributed by atoms with Gasteiger partial charge in [0.2, 0.25) is 10.0 Å². The molecule has 0 saturated carbocycles. The molecule has 3 aromatic rings. The van der Waals surface area contributed by atoms with Crippen molar-refractivity contribution >= 4 is 21.6 Å². The van der Waals surface area contributed by atoms with Gasteiger partial charge in [0, 0.05) is 5.69 Å². The molecule has 0 radical (unpaired) electrons. The van der Waals surface area contributed by atoms with E-state index in [1.54, 1.807) is 18.2 Å². The Balaban J connectivity index is 1.68. The van der Waals surface area contributed by atoms with E-state index in [-0.39, 0.29) is 17.0 Å². The first-order valence-electron chi connectivity index (χ1n) is 7.64. The van der Waals surface area contributed by atoms with Gasteiger partial charge in [-0.25, -0.2) is 17.5 Å². The third-order valence-electron chi connectivity index (χ3n) is 3.56. The van der Waals surface area contributed by atoms with Crippen molar-refractivity contribution in [3.8, 4) is 0 Å². The fourth-order valence-electron chi connectivity index (χ4n) is 2.22. The van der Waals surface area contributed by atoms with E-state index in [1.165, 1.54) is 48.7 Å². The first kappa shape index (κ1) is 17.8. The standard InChI is InChI=1S/C18H15FN2O4S/c19-17-6-2-1-5-16(17)18(22)21-13-7-9-15(10-8-13)26(23,24)20-12-14-4-3-11-25-14/h1-11,20H,12H2,(H,21,22). The number of anilines is 1. The molecular weight excluding hydrogens is 359 g/mol. The van der Waals surface area contributed by atoms with Gasteiger partial charge in [-0.2, -0.15) is 0 Å². The predicted octanol–water partition coefficient (Wildman–Crippen LogP) is 3.15. The van der Waals surface area contributed by atoms with Gasteiger partial charge in [0.15, 0.2) is 0 Å². The maximum atomic E-state index is 13.6. The summed E-state index contributed by atoms with van der Waals surface area (Å²) < 4.78 is 45.6. The highest BCUT2D eigenvalue weighted by molar-refractivity contribution is 7.89. The summed E-state index contributed by atoms with van der Waals surface area (Å²) in [6.07, 6.45) is 1.46. The third kappa shape index (κ3) is 4.16. The van der Waals surface area contributed by atoms with Gasteiger partial charge in [0.05, 0.1) is 23.3 Å². The van der Waals surface area contributed by atoms with Crippen LogP contribution in [-0.2, 0) is 16.6 Å². The van der Waals surface area contributed by atoms with E-state index in [2.05, 4.69) is 10.0 Å². The summed E-state index contributed by atoms with van der Waals surface area (Å²) in [5, 5.41) is 2.52. The summed E-state index contributed by atoms with van der Waals surface area (Å²) in [4.78, 5) is 12.1. The minimum Gasteiger partial charge on any atom is -0.468 e. The van der Waals surface area contributed by atoms with E-state index in [9.17, 15) is 17.6 Å². The molecule has 134 valence electrons. The summed E-state index contributed by atoms with van der Waals surface area (Å²) >= 11 is 0. The molecule has 0 aliphatic rings. The summed E-state index contributed by atoms with van der Waals surface area (Å²) in [7, 11) is -3.72. The highest BCUT2D eigenvalue weighted by atomic mass is 32.2. The molecule has 3 rings (SSSR count). The summed E-state index contributed by atoms with van der Waals surface area (Å²) in [5.41, 5.74) is 0.257. The molecule has 0 unspecified atom stereocenters. The van der Waals surface area contributed by atoms with E-state index in [4.69, 9.17) is 4.42 Å². The number of hydrogen-bond donors (Lipinski definition) is 2. The number of hydrogen-bond acceptors (Lipinski definition) is 4. The zero-order valence-corrected chi connectivity index (χ0v) is 14.3. The van der Waals surface area contributed by atoms with Crippen molar-refractivity contribution in [3.05, 3.63) is 84.1 Å². The van der Waals surface area contributed by atoms with E-state index < -0.39 is 21.7 Å². The quantitative estimate of drug-likeness (QED) is 0.694. The number of furan rings is 1. The molecule has 0 aliphatic carbocycles. The average Bonchev–Trinajstić information content (AvgIpc) is 3.14. The van der Waals surface area contributed by atoms with Crippen LogP contribution in [0.5, 0.6) is 0 Å². The maximum Gasteiger partial charge on any atom is 0.258 e. The van der Waals surface area contributed by atoms with Crippen LogP contribution in [0.2, 0.25) is 0 Å². The Hall–Kier alpha value is -2.97. The van der Waals surface area contributed by atoms with Gasteiger partial charge >= 0.3 is 0 Å². The lowest BCUT2D eigenvalue weighted by Crippen LogP contribution is -2.23. The van der Waals surface area contributed by atoms with Crippen molar-refractivity contribution in [2.24, 2.45) is 0 Å². The van der Waals surface area contributed by atoms with Crippen molar-refractivity contribution in [2.45, 2.75) is 11.4 Å². The molecule has 0 spiro atoms. The molecule has 1 amide bonds. The molecule has 2 aromatic carbocycles. The fourth-order valence-corrected chi connectivity index (χ4v) is 3.22. The van der Waals surface area contributed by atoms with E-state index in [0.29, 0.717) is 11.4 Å². The lowest BCUT2D eigenvalue weighted by Gasteiger charge is -2.08. The number of sulfonamides is 1. The van der Waals surface area contributed by atoms with Gasteiger partial charge in [-0.05, 0) is 48.5 Å². The summed E-state index contributed by atoms with van der Waals surface area (Å²) in [5.74, 6) is -0.761. The number of carbonyl (C=O) groups is 1. The number of nitrogens with one attached hydrogen (secondary N) is 2. The van der Waals surface area contributed by atoms with Crippen LogP contribution in [0.4, 0.5) is 10.1 Å². The van der Waals surface area contributed by atoms with Crippen LogP contribution in [-0.4, -0.2) is 14.3 Å². The summed E-state index contributed by atoms with van der Waals surface area (Å²) in [6.45, 7) is 0.0289. The SMILES string of the molecule is O=C(Nc1ccc(S(=O)(=O)NCc2ccco2)cc1)c1ccccc1F. The Labute approximate surface area is 149 Å². The molecule has 1 heterocycles. The van der Waals surface area contributed by atoms with Crippen molar-refractivity contribution in [1.29, 1.82) is 0 Å². The highest BCUT2D eigenvalue weighted by Crippen LogP contribution is 2.16. The van der Waals surface area contributed by atoms with Gasteiger partial charge in [-0.1, -0.05) is 12.1 Å². The van der Waals surface area contributed by atoms with E-state index in [0.717, 1.165) is 0 Å². The zero-order valence-electron chi connectivity index (χ0n) is 13.5. The zero-order chi connectivity index (χ0) is 18.6. The van der Waals surface area contributed by atoms with Crippen molar-refractivity contribution in [2.75, 3.05) is 5.32 Å². The van der Waals surface area contributed by atoms with Gasteiger partial charge in [0.1, 0.15) is 11.6 Å². The molecular formula is C18H15FN2O4S. The monoisotopic (exact) mass is 374 g/mol. The van der Waals surface area contributed by atoms with Crippen LogP contribution >= 0.6 is 0 Å². The van der Waals surface area contributed by atoms with E-state index >= 15 is 0 Å². The molecule has 0 bridgehead atoms. The molecule has 0 aliphatic heterocycles. The van der Waals surface area contributed by atoms with E-state index in [1.807, 2.05) is 0 Å². The minimum atomic E-state index is -3.72. The normalized spacial score (nSPS) is 11.3. The topological polar surface area (TPSA) is 88.4 Å². The van der Waals surface area contributed by atoms with Gasteiger partial charge in [-0.15, -0.1) is 0 Å². The fraction of sp³-hybridized carbons (Fsp3) is 0.0556. The molecule has 0 fully saturated rings. The molecule has 0 atom stereocenters. The first-order chi connectivity index (χ1) is 12.5. The largest absolute Gasteiger partial charge is 0.468 e. The van der Waals surface area contributed by atoms with Crippen LogP contribution in [0.15, 0.2) is 76.2 Å². The predicted molar refractivity (Wildman–Crippen MR) is 93.5 cm³/mol. The molecule has 0 saturated heterocycles. The van der Waals surface area contributed by atoms with Gasteiger partial charge in [0.25, 0.3) is 5.91 Å². The highest BCUT2D eigenvalue weighted by Gasteiger charge is 2.15. The number of rotatable bonds is 6. The third-order valence-corrected chi connectivity index (χ3v) is 4.97. The molecule has 8 heteroatoms. The van der Waals surface area contributed by atoms with Crippen molar-refractivity contribution in [3.63, 3.8) is 0 Å². The molecule has 26 heavy (non-hydrogen) atoms. The molecule has 1 aromatic heterocycles. The smallest absolute Gasteiger partial charge is 0.258 e. The van der Waals surface area contributed by atoms with Crippen LogP contribution in [0, 0.1) is 5.82 Å². The van der Waals surface area contributed by atoms with Gasteiger partial charge in [-0.3, -0.25) is 4.79 Å². The van der Waals surface area contributed by atoms with Crippen LogP contribution in [0.25, 0.3) is 0 Å². The number of benzene rings is 2. The second-order valence-corrected chi connectivity index (χ2v) is 7.13. The Bertz CT molecular complexity index is 1000. The minimum absolute atomic E-state index is 0.0289.